The third-order valence-corrected chi connectivity index (χ3v) is 5.34. The van der Waals surface area contributed by atoms with E-state index in [-0.39, 0.29) is 17.9 Å². The van der Waals surface area contributed by atoms with Crippen LogP contribution in [-0.2, 0) is 11.2 Å². The van der Waals surface area contributed by atoms with Crippen molar-refractivity contribution in [2.45, 2.75) is 32.2 Å². The number of anilines is 1. The third-order valence-electron chi connectivity index (χ3n) is 5.34. The minimum absolute atomic E-state index is 0.0795. The van der Waals surface area contributed by atoms with Crippen LogP contribution in [0.5, 0.6) is 0 Å². The second kappa shape index (κ2) is 8.86. The Morgan fingerprint density at radius 3 is 2.47 bits per heavy atom. The van der Waals surface area contributed by atoms with Crippen molar-refractivity contribution in [3.8, 4) is 0 Å². The Morgan fingerprint density at radius 1 is 1.07 bits per heavy atom. The smallest absolute Gasteiger partial charge is 0.259 e. The molecule has 30 heavy (non-hydrogen) atoms. The lowest BCUT2D eigenvalue weighted by atomic mass is 10.1. The maximum absolute atomic E-state index is 12.9. The molecule has 1 saturated heterocycles. The fraction of sp³-hybridized carbons (Fsp3) is 0.250. The minimum Gasteiger partial charge on any atom is -0.332 e. The lowest BCUT2D eigenvalue weighted by Crippen LogP contribution is -2.33. The van der Waals surface area contributed by atoms with E-state index in [2.05, 4.69) is 15.3 Å². The number of carbonyl (C=O) groups excluding carboxylic acids is 2. The van der Waals surface area contributed by atoms with Crippen LogP contribution in [0.15, 0.2) is 66.9 Å². The molecule has 2 amide bonds. The fourth-order valence-electron chi connectivity index (χ4n) is 3.79. The van der Waals surface area contributed by atoms with Gasteiger partial charge in [0.25, 0.3) is 5.91 Å². The van der Waals surface area contributed by atoms with Crippen LogP contribution in [0.2, 0.25) is 0 Å². The van der Waals surface area contributed by atoms with Gasteiger partial charge in [0.1, 0.15) is 0 Å². The number of aromatic nitrogens is 2. The van der Waals surface area contributed by atoms with E-state index in [1.165, 1.54) is 0 Å². The van der Waals surface area contributed by atoms with Crippen molar-refractivity contribution in [1.82, 2.24) is 14.9 Å². The predicted octanol–water partition coefficient (Wildman–Crippen LogP) is 3.94. The van der Waals surface area contributed by atoms with Crippen LogP contribution < -0.4 is 5.32 Å². The first kappa shape index (κ1) is 19.8. The van der Waals surface area contributed by atoms with Crippen molar-refractivity contribution in [2.24, 2.45) is 0 Å². The summed E-state index contributed by atoms with van der Waals surface area (Å²) >= 11 is 0. The van der Waals surface area contributed by atoms with Crippen molar-refractivity contribution in [3.63, 3.8) is 0 Å². The van der Waals surface area contributed by atoms with Crippen molar-refractivity contribution in [3.05, 3.63) is 89.5 Å². The van der Waals surface area contributed by atoms with Crippen LogP contribution in [0.25, 0.3) is 0 Å². The predicted molar refractivity (Wildman–Crippen MR) is 115 cm³/mol. The maximum Gasteiger partial charge on any atom is 0.259 e. The molecule has 2 aromatic carbocycles. The second-order valence-electron chi connectivity index (χ2n) is 7.45. The summed E-state index contributed by atoms with van der Waals surface area (Å²) in [4.78, 5) is 36.4. The molecule has 2 heterocycles. The number of para-hydroxylation sites is 1. The molecule has 1 atom stereocenters. The molecular formula is C24H24N4O2. The Labute approximate surface area is 176 Å². The lowest BCUT2D eigenvalue weighted by molar-refractivity contribution is -0.131. The Bertz CT molecular complexity index is 1040. The van der Waals surface area contributed by atoms with Crippen LogP contribution in [0.3, 0.4) is 0 Å². The lowest BCUT2D eigenvalue weighted by Gasteiger charge is -2.24. The third kappa shape index (κ3) is 4.38. The van der Waals surface area contributed by atoms with Gasteiger partial charge >= 0.3 is 0 Å². The van der Waals surface area contributed by atoms with Crippen molar-refractivity contribution < 1.29 is 9.59 Å². The molecule has 0 aliphatic carbocycles. The summed E-state index contributed by atoms with van der Waals surface area (Å²) in [5.41, 5.74) is 2.76. The largest absolute Gasteiger partial charge is 0.332 e. The van der Waals surface area contributed by atoms with Crippen molar-refractivity contribution in [1.29, 1.82) is 0 Å². The van der Waals surface area contributed by atoms with Crippen LogP contribution in [0, 0.1) is 6.92 Å². The quantitative estimate of drug-likeness (QED) is 0.704. The molecule has 0 saturated carbocycles. The summed E-state index contributed by atoms with van der Waals surface area (Å²) in [5, 5.41) is 2.86. The zero-order valence-corrected chi connectivity index (χ0v) is 16.9. The highest BCUT2D eigenvalue weighted by Gasteiger charge is 2.32. The van der Waals surface area contributed by atoms with Gasteiger partial charge in [-0.3, -0.25) is 9.59 Å². The molecule has 0 unspecified atom stereocenters. The van der Waals surface area contributed by atoms with E-state index in [1.54, 1.807) is 13.1 Å². The number of hydrogen-bond acceptors (Lipinski definition) is 4. The highest BCUT2D eigenvalue weighted by molar-refractivity contribution is 6.04. The van der Waals surface area contributed by atoms with Gasteiger partial charge in [-0.15, -0.1) is 0 Å². The Hall–Kier alpha value is -3.54. The van der Waals surface area contributed by atoms with Crippen molar-refractivity contribution in [2.75, 3.05) is 11.9 Å². The number of aryl methyl sites for hydroxylation is 1. The summed E-state index contributed by atoms with van der Waals surface area (Å²) < 4.78 is 0. The first-order chi connectivity index (χ1) is 14.6. The molecule has 6 heteroatoms. The standard InChI is InChI=1S/C24H24N4O2/c1-17-20(24(30)27-19-11-6-3-7-12-19)16-25-23(26-17)21-13-8-14-28(21)22(29)15-18-9-4-2-5-10-18/h2-7,9-12,16,21H,8,13-15H2,1H3,(H,27,30)/t21-/m1/s1. The van der Waals surface area contributed by atoms with Gasteiger partial charge in [-0.1, -0.05) is 48.5 Å². The molecule has 3 aromatic rings. The molecule has 0 radical (unpaired) electrons. The number of nitrogens with zero attached hydrogens (tertiary/aromatic N) is 3. The highest BCUT2D eigenvalue weighted by Crippen LogP contribution is 2.30. The van der Waals surface area contributed by atoms with E-state index < -0.39 is 0 Å². The molecule has 0 bridgehead atoms. The first-order valence-electron chi connectivity index (χ1n) is 10.1. The van der Waals surface area contributed by atoms with Gasteiger partial charge in [0, 0.05) is 18.4 Å². The number of benzene rings is 2. The number of carbonyl (C=O) groups is 2. The van der Waals surface area contributed by atoms with Crippen molar-refractivity contribution >= 4 is 17.5 Å². The van der Waals surface area contributed by atoms with Gasteiger partial charge in [-0.2, -0.15) is 0 Å². The monoisotopic (exact) mass is 400 g/mol. The second-order valence-corrected chi connectivity index (χ2v) is 7.45. The normalized spacial score (nSPS) is 15.8. The van der Waals surface area contributed by atoms with Gasteiger partial charge < -0.3 is 10.2 Å². The zero-order valence-electron chi connectivity index (χ0n) is 16.9. The number of rotatable bonds is 5. The molecule has 1 N–H and O–H groups in total. The number of nitrogens with one attached hydrogen (secondary N) is 1. The maximum atomic E-state index is 12.9. The zero-order chi connectivity index (χ0) is 20.9. The Kier molecular flexibility index (Phi) is 5.84. The Balaban J connectivity index is 1.48. The fourth-order valence-corrected chi connectivity index (χ4v) is 3.79. The van der Waals surface area contributed by atoms with Crippen LogP contribution in [0.4, 0.5) is 5.69 Å². The van der Waals surface area contributed by atoms with Gasteiger partial charge in [0.05, 0.1) is 23.7 Å². The van der Waals surface area contributed by atoms with E-state index in [1.807, 2.05) is 65.6 Å². The van der Waals surface area contributed by atoms with Gasteiger partial charge in [-0.25, -0.2) is 9.97 Å². The minimum atomic E-state index is -0.242. The molecule has 4 rings (SSSR count). The molecule has 152 valence electrons. The SMILES string of the molecule is Cc1nc([C@H]2CCCN2C(=O)Cc2ccccc2)ncc1C(=O)Nc1ccccc1. The molecular weight excluding hydrogens is 376 g/mol. The van der Waals surface area contributed by atoms with E-state index in [9.17, 15) is 9.59 Å². The van der Waals surface area contributed by atoms with Gasteiger partial charge in [-0.05, 0) is 37.5 Å². The number of likely N-dealkylation sites (tertiary alicyclic amines) is 1. The molecule has 1 fully saturated rings. The number of hydrogen-bond donors (Lipinski definition) is 1. The topological polar surface area (TPSA) is 75.2 Å². The van der Waals surface area contributed by atoms with Crippen LogP contribution >= 0.6 is 0 Å². The molecule has 1 aromatic heterocycles. The van der Waals surface area contributed by atoms with Gasteiger partial charge in [0.2, 0.25) is 5.91 Å². The highest BCUT2D eigenvalue weighted by atomic mass is 16.2. The summed E-state index contributed by atoms with van der Waals surface area (Å²) in [6.07, 6.45) is 3.68. The molecule has 0 spiro atoms. The van der Waals surface area contributed by atoms with E-state index in [4.69, 9.17) is 0 Å². The van der Waals surface area contributed by atoms with E-state index >= 15 is 0 Å². The number of amides is 2. The van der Waals surface area contributed by atoms with Crippen LogP contribution in [-0.4, -0.2) is 33.2 Å². The van der Waals surface area contributed by atoms with E-state index in [0.29, 0.717) is 30.0 Å². The summed E-state index contributed by atoms with van der Waals surface area (Å²) in [6, 6.07) is 18.9. The molecule has 6 nitrogen and oxygen atoms in total. The summed E-state index contributed by atoms with van der Waals surface area (Å²) in [6.45, 7) is 2.51. The molecule has 1 aliphatic rings. The average molecular weight is 400 g/mol. The average Bonchev–Trinajstić information content (AvgIpc) is 3.25. The molecule has 1 aliphatic heterocycles. The van der Waals surface area contributed by atoms with E-state index in [0.717, 1.165) is 24.1 Å². The summed E-state index contributed by atoms with van der Waals surface area (Å²) in [5.74, 6) is 0.437. The van der Waals surface area contributed by atoms with Crippen LogP contribution in [0.1, 0.15) is 46.3 Å². The summed E-state index contributed by atoms with van der Waals surface area (Å²) in [7, 11) is 0. The first-order valence-corrected chi connectivity index (χ1v) is 10.1. The Morgan fingerprint density at radius 2 is 1.77 bits per heavy atom. The van der Waals surface area contributed by atoms with Gasteiger partial charge in [0.15, 0.2) is 5.82 Å².